The van der Waals surface area contributed by atoms with Gasteiger partial charge in [-0.1, -0.05) is 55.5 Å². The van der Waals surface area contributed by atoms with E-state index in [-0.39, 0.29) is 24.3 Å². The minimum atomic E-state index is -1.34. The van der Waals surface area contributed by atoms with Crippen LogP contribution in [0.4, 0.5) is 8.78 Å². The summed E-state index contributed by atoms with van der Waals surface area (Å²) >= 11 is 0. The number of para-hydroxylation sites is 2. The largest absolute Gasteiger partial charge is 0.342 e. The number of amides is 2. The molecule has 1 saturated carbocycles. The van der Waals surface area contributed by atoms with E-state index in [1.54, 1.807) is 30.0 Å². The highest BCUT2D eigenvalue weighted by Gasteiger charge is 2.43. The van der Waals surface area contributed by atoms with Gasteiger partial charge in [-0.3, -0.25) is 9.59 Å². The van der Waals surface area contributed by atoms with E-state index in [1.165, 1.54) is 4.90 Å². The molecule has 2 amide bonds. The third-order valence-electron chi connectivity index (χ3n) is 8.33. The molecule has 1 aliphatic heterocycles. The number of nitrogens with one attached hydrogen (secondary N) is 1. The van der Waals surface area contributed by atoms with Crippen LogP contribution in [0.2, 0.25) is 0 Å². The van der Waals surface area contributed by atoms with Crippen LogP contribution in [-0.2, 0) is 15.0 Å². The summed E-state index contributed by atoms with van der Waals surface area (Å²) in [6.07, 6.45) is 1.95. The highest BCUT2D eigenvalue weighted by molar-refractivity contribution is 5.91. The van der Waals surface area contributed by atoms with Gasteiger partial charge in [0, 0.05) is 12.0 Å². The number of halogens is 2. The summed E-state index contributed by atoms with van der Waals surface area (Å²) in [7, 11) is 0. The van der Waals surface area contributed by atoms with E-state index in [9.17, 15) is 14.0 Å². The first-order valence-electron chi connectivity index (χ1n) is 13.6. The van der Waals surface area contributed by atoms with Crippen molar-refractivity contribution < 1.29 is 18.4 Å². The van der Waals surface area contributed by atoms with Crippen LogP contribution in [0.3, 0.4) is 0 Å². The molecule has 1 unspecified atom stereocenters. The molecule has 9 heteroatoms. The number of benzene rings is 2. The first kappa shape index (κ1) is 26.1. The van der Waals surface area contributed by atoms with E-state index in [0.717, 1.165) is 23.9 Å². The number of nitrogens with zero attached hydrogens (tertiary/aromatic N) is 4. The first-order chi connectivity index (χ1) is 19.2. The molecule has 7 nitrogen and oxygen atoms in total. The maximum atomic E-state index is 15.1. The standard InChI is InChI=1S/C31H31F2N5O2/c1-19(38-18-34-23-10-6-7-11-25(23)38)30(40)37-17-21(32)16-26(37)29(39)36-27(20-8-4-3-5-9-20)24-13-12-22(28(33)35-24)31(2)14-15-31/h3-13,18-19,21,26-27H,14-17H2,1-2H3,(H,36,39)/t19?,21-,26+,27+/m1/s1. The van der Waals surface area contributed by atoms with E-state index in [2.05, 4.69) is 15.3 Å². The Kier molecular flexibility index (Phi) is 6.60. The Hall–Kier alpha value is -4.14. The molecule has 2 aromatic carbocycles. The molecule has 1 N–H and O–H groups in total. The van der Waals surface area contributed by atoms with E-state index in [4.69, 9.17) is 0 Å². The molecule has 2 aromatic heterocycles. The van der Waals surface area contributed by atoms with Gasteiger partial charge in [-0.2, -0.15) is 4.39 Å². The number of fused-ring (bicyclic) bond motifs is 1. The molecule has 206 valence electrons. The molecule has 3 heterocycles. The van der Waals surface area contributed by atoms with E-state index < -0.39 is 36.2 Å². The van der Waals surface area contributed by atoms with Crippen LogP contribution >= 0.6 is 0 Å². The highest BCUT2D eigenvalue weighted by Crippen LogP contribution is 2.48. The lowest BCUT2D eigenvalue weighted by Gasteiger charge is -2.29. The van der Waals surface area contributed by atoms with E-state index in [0.29, 0.717) is 16.8 Å². The lowest BCUT2D eigenvalue weighted by Crippen LogP contribution is -2.48. The number of likely N-dealkylation sites (tertiary alicyclic amines) is 1. The van der Waals surface area contributed by atoms with Crippen LogP contribution in [-0.4, -0.2) is 50.0 Å². The first-order valence-corrected chi connectivity index (χ1v) is 13.6. The third kappa shape index (κ3) is 4.74. The number of imidazole rings is 1. The molecular formula is C31H31F2N5O2. The number of pyridine rings is 1. The third-order valence-corrected chi connectivity index (χ3v) is 8.33. The molecule has 2 fully saturated rings. The fourth-order valence-corrected chi connectivity index (χ4v) is 5.65. The maximum Gasteiger partial charge on any atom is 0.246 e. The number of aromatic nitrogens is 3. The van der Waals surface area contributed by atoms with Crippen LogP contribution in [0.1, 0.15) is 62.0 Å². The van der Waals surface area contributed by atoms with E-state index in [1.807, 2.05) is 61.5 Å². The summed E-state index contributed by atoms with van der Waals surface area (Å²) in [6, 6.07) is 17.6. The average Bonchev–Trinajstić information content (AvgIpc) is 3.38. The van der Waals surface area contributed by atoms with Gasteiger partial charge < -0.3 is 14.8 Å². The fraction of sp³-hybridized carbons (Fsp3) is 0.355. The Bertz CT molecular complexity index is 1570. The maximum absolute atomic E-state index is 15.1. The lowest BCUT2D eigenvalue weighted by atomic mass is 9.97. The number of hydrogen-bond donors (Lipinski definition) is 1. The molecule has 1 aliphatic carbocycles. The zero-order valence-electron chi connectivity index (χ0n) is 22.4. The quantitative estimate of drug-likeness (QED) is 0.332. The molecule has 0 spiro atoms. The smallest absolute Gasteiger partial charge is 0.246 e. The second kappa shape index (κ2) is 10.1. The fourth-order valence-electron chi connectivity index (χ4n) is 5.65. The second-order valence-electron chi connectivity index (χ2n) is 11.1. The molecule has 2 aliphatic rings. The number of rotatable bonds is 7. The van der Waals surface area contributed by atoms with Gasteiger partial charge in [-0.15, -0.1) is 0 Å². The summed E-state index contributed by atoms with van der Waals surface area (Å²) in [6.45, 7) is 3.55. The van der Waals surface area contributed by atoms with Gasteiger partial charge in [0.2, 0.25) is 17.8 Å². The monoisotopic (exact) mass is 543 g/mol. The Morgan fingerprint density at radius 1 is 1.05 bits per heavy atom. The van der Waals surface area contributed by atoms with Crippen LogP contribution in [0.5, 0.6) is 0 Å². The number of carbonyl (C=O) groups excluding carboxylic acids is 2. The normalized spacial score (nSPS) is 21.2. The molecule has 4 atom stereocenters. The van der Waals surface area contributed by atoms with Gasteiger partial charge >= 0.3 is 0 Å². The van der Waals surface area contributed by atoms with E-state index >= 15 is 4.39 Å². The Morgan fingerprint density at radius 3 is 2.50 bits per heavy atom. The SMILES string of the molecule is CC(C(=O)N1C[C@H](F)C[C@H]1C(=O)N[C@@H](c1ccccc1)c1ccc(C2(C)CC2)c(F)n1)n1cnc2ccccc21. The summed E-state index contributed by atoms with van der Waals surface area (Å²) in [5.41, 5.74) is 2.95. The van der Waals surface area contributed by atoms with Crippen LogP contribution in [0, 0.1) is 5.95 Å². The zero-order valence-corrected chi connectivity index (χ0v) is 22.4. The highest BCUT2D eigenvalue weighted by atomic mass is 19.1. The van der Waals surface area contributed by atoms with Crippen LogP contribution in [0.15, 0.2) is 73.1 Å². The molecule has 0 radical (unpaired) electrons. The van der Waals surface area contributed by atoms with Crippen molar-refractivity contribution in [2.75, 3.05) is 6.54 Å². The molecule has 40 heavy (non-hydrogen) atoms. The summed E-state index contributed by atoms with van der Waals surface area (Å²) in [5.74, 6) is -1.42. The minimum absolute atomic E-state index is 0.116. The zero-order chi connectivity index (χ0) is 28.0. The van der Waals surface area contributed by atoms with Gasteiger partial charge in [0.15, 0.2) is 0 Å². The second-order valence-corrected chi connectivity index (χ2v) is 11.1. The number of hydrogen-bond acceptors (Lipinski definition) is 4. The Labute approximate surface area is 231 Å². The predicted octanol–water partition coefficient (Wildman–Crippen LogP) is 5.03. The van der Waals surface area contributed by atoms with Crippen LogP contribution < -0.4 is 5.32 Å². The molecule has 1 saturated heterocycles. The topological polar surface area (TPSA) is 80.1 Å². The van der Waals surface area contributed by atoms with Crippen molar-refractivity contribution >= 4 is 22.8 Å². The van der Waals surface area contributed by atoms with Crippen molar-refractivity contribution in [1.82, 2.24) is 24.8 Å². The number of carbonyl (C=O) groups is 2. The van der Waals surface area contributed by atoms with Crippen molar-refractivity contribution in [3.63, 3.8) is 0 Å². The van der Waals surface area contributed by atoms with Crippen molar-refractivity contribution in [2.45, 2.75) is 62.8 Å². The molecule has 6 rings (SSSR count). The number of alkyl halides is 1. The van der Waals surface area contributed by atoms with Crippen molar-refractivity contribution in [2.24, 2.45) is 0 Å². The van der Waals surface area contributed by atoms with Gasteiger partial charge in [0.05, 0.1) is 35.6 Å². The van der Waals surface area contributed by atoms with Crippen molar-refractivity contribution in [3.05, 3.63) is 95.8 Å². The van der Waals surface area contributed by atoms with Gasteiger partial charge in [-0.25, -0.2) is 14.4 Å². The van der Waals surface area contributed by atoms with Crippen molar-refractivity contribution in [3.8, 4) is 0 Å². The minimum Gasteiger partial charge on any atom is -0.342 e. The summed E-state index contributed by atoms with van der Waals surface area (Å²) < 4.78 is 31.6. The van der Waals surface area contributed by atoms with Gasteiger partial charge in [-0.05, 0) is 48.9 Å². The molecular weight excluding hydrogens is 512 g/mol. The predicted molar refractivity (Wildman–Crippen MR) is 147 cm³/mol. The van der Waals surface area contributed by atoms with Crippen LogP contribution in [0.25, 0.3) is 11.0 Å². The summed E-state index contributed by atoms with van der Waals surface area (Å²) in [4.78, 5) is 37.2. The molecule has 0 bridgehead atoms. The van der Waals surface area contributed by atoms with Gasteiger partial charge in [0.25, 0.3) is 0 Å². The Morgan fingerprint density at radius 2 is 1.77 bits per heavy atom. The Balaban J connectivity index is 1.27. The van der Waals surface area contributed by atoms with Crippen molar-refractivity contribution in [1.29, 1.82) is 0 Å². The lowest BCUT2D eigenvalue weighted by molar-refractivity contribution is -0.140. The summed E-state index contributed by atoms with van der Waals surface area (Å²) in [5, 5.41) is 2.95. The average molecular weight is 544 g/mol. The molecule has 4 aromatic rings. The van der Waals surface area contributed by atoms with Gasteiger partial charge in [0.1, 0.15) is 18.3 Å².